The van der Waals surface area contributed by atoms with E-state index in [1.54, 1.807) is 29.9 Å². The maximum Gasteiger partial charge on any atom is 0.272 e. The van der Waals surface area contributed by atoms with Gasteiger partial charge in [-0.1, -0.05) is 0 Å². The second-order valence-corrected chi connectivity index (χ2v) is 9.13. The number of hydrogen-bond donors (Lipinski definition) is 1. The van der Waals surface area contributed by atoms with Crippen LogP contribution in [0.3, 0.4) is 0 Å². The van der Waals surface area contributed by atoms with Crippen LogP contribution < -0.4 is 9.80 Å². The number of anilines is 2. The molecule has 0 saturated carbocycles. The molecule has 10 nitrogen and oxygen atoms in total. The second-order valence-electron chi connectivity index (χ2n) is 9.13. The molecule has 11 heteroatoms. The Morgan fingerprint density at radius 1 is 0.889 bits per heavy atom. The Balaban J connectivity index is 1.17. The number of carbonyl (C=O) groups is 1. The van der Waals surface area contributed by atoms with E-state index in [2.05, 4.69) is 30.0 Å². The van der Waals surface area contributed by atoms with Crippen molar-refractivity contribution in [2.45, 2.75) is 0 Å². The van der Waals surface area contributed by atoms with Crippen LogP contribution in [0, 0.1) is 5.82 Å². The average Bonchev–Trinajstić information content (AvgIpc) is 3.31. The third-order valence-electron chi connectivity index (χ3n) is 6.88. The van der Waals surface area contributed by atoms with E-state index >= 15 is 0 Å². The molecule has 1 aromatic carbocycles. The molecule has 2 fully saturated rings. The van der Waals surface area contributed by atoms with Crippen molar-refractivity contribution in [2.75, 3.05) is 75.3 Å². The van der Waals surface area contributed by atoms with Gasteiger partial charge in [0.15, 0.2) is 11.6 Å². The number of aliphatic hydroxyl groups excluding tert-OH is 1. The summed E-state index contributed by atoms with van der Waals surface area (Å²) >= 11 is 0. The smallest absolute Gasteiger partial charge is 0.272 e. The zero-order valence-electron chi connectivity index (χ0n) is 20.4. The average molecular weight is 495 g/mol. The van der Waals surface area contributed by atoms with Crippen molar-refractivity contribution in [1.29, 1.82) is 0 Å². The molecule has 0 aliphatic carbocycles. The Morgan fingerprint density at radius 3 is 2.03 bits per heavy atom. The predicted octanol–water partition coefficient (Wildman–Crippen LogP) is 1.09. The zero-order valence-corrected chi connectivity index (χ0v) is 20.4. The van der Waals surface area contributed by atoms with Gasteiger partial charge >= 0.3 is 0 Å². The van der Waals surface area contributed by atoms with Crippen LogP contribution in [-0.4, -0.2) is 106 Å². The number of aliphatic hydroxyl groups is 1. The summed E-state index contributed by atoms with van der Waals surface area (Å²) in [6.45, 7) is 6.93. The Hall–Kier alpha value is -3.57. The largest absolute Gasteiger partial charge is 0.395 e. The highest BCUT2D eigenvalue weighted by Crippen LogP contribution is 2.22. The lowest BCUT2D eigenvalue weighted by molar-refractivity contribution is 0.0735. The van der Waals surface area contributed by atoms with Crippen molar-refractivity contribution in [1.82, 2.24) is 29.8 Å². The molecule has 1 amide bonds. The van der Waals surface area contributed by atoms with Crippen LogP contribution in [0.5, 0.6) is 0 Å². The maximum atomic E-state index is 13.2. The molecule has 0 unspecified atom stereocenters. The highest BCUT2D eigenvalue weighted by molar-refractivity contribution is 5.94. The zero-order chi connectivity index (χ0) is 25.1. The Labute approximate surface area is 209 Å². The minimum atomic E-state index is -0.305. The fraction of sp³-hybridized carbons (Fsp3) is 0.440. The first-order valence-electron chi connectivity index (χ1n) is 12.3. The first-order valence-corrected chi connectivity index (χ1v) is 12.3. The van der Waals surface area contributed by atoms with Gasteiger partial charge in [-0.25, -0.2) is 4.39 Å². The van der Waals surface area contributed by atoms with E-state index in [4.69, 9.17) is 5.11 Å². The molecule has 0 radical (unpaired) electrons. The molecule has 36 heavy (non-hydrogen) atoms. The molecule has 2 saturated heterocycles. The quantitative estimate of drug-likeness (QED) is 0.545. The van der Waals surface area contributed by atoms with Crippen molar-refractivity contribution >= 4 is 17.5 Å². The second kappa shape index (κ2) is 10.6. The predicted molar refractivity (Wildman–Crippen MR) is 134 cm³/mol. The first-order chi connectivity index (χ1) is 17.5. The number of piperazine rings is 2. The van der Waals surface area contributed by atoms with Crippen molar-refractivity contribution in [3.8, 4) is 11.3 Å². The molecular weight excluding hydrogens is 463 g/mol. The number of aromatic nitrogens is 4. The minimum Gasteiger partial charge on any atom is -0.395 e. The SMILES string of the molecule is Cn1nc(-c2ccc(F)cc2)cc1C(=O)N1CCN(c2ccc(N3CCN(CCO)CC3)nn2)CC1. The lowest BCUT2D eigenvalue weighted by Gasteiger charge is -2.36. The van der Waals surface area contributed by atoms with E-state index in [1.165, 1.54) is 12.1 Å². The van der Waals surface area contributed by atoms with Gasteiger partial charge in [0, 0.05) is 71.5 Å². The summed E-state index contributed by atoms with van der Waals surface area (Å²) in [6.07, 6.45) is 0. The van der Waals surface area contributed by atoms with Crippen molar-refractivity contribution in [3.63, 3.8) is 0 Å². The Bertz CT molecular complexity index is 1170. The standard InChI is InChI=1S/C25H31FN8O2/c1-30-22(18-21(29-30)19-2-4-20(26)5-3-19)25(36)34-14-12-33(13-15-34)24-7-6-23(27-28-24)32-10-8-31(9-11-32)16-17-35/h2-7,18,35H,8-17H2,1H3. The van der Waals surface area contributed by atoms with E-state index in [9.17, 15) is 9.18 Å². The normalized spacial score (nSPS) is 17.0. The first kappa shape index (κ1) is 24.1. The number of amides is 1. The van der Waals surface area contributed by atoms with Crippen LogP contribution in [0.15, 0.2) is 42.5 Å². The van der Waals surface area contributed by atoms with Crippen LogP contribution in [0.1, 0.15) is 10.5 Å². The fourth-order valence-corrected chi connectivity index (χ4v) is 4.73. The van der Waals surface area contributed by atoms with Gasteiger partial charge in [-0.05, 0) is 42.5 Å². The monoisotopic (exact) mass is 494 g/mol. The fourth-order valence-electron chi connectivity index (χ4n) is 4.73. The number of carbonyl (C=O) groups excluding carboxylic acids is 1. The summed E-state index contributed by atoms with van der Waals surface area (Å²) in [5, 5.41) is 22.5. The molecule has 0 atom stereocenters. The maximum absolute atomic E-state index is 13.2. The highest BCUT2D eigenvalue weighted by atomic mass is 19.1. The summed E-state index contributed by atoms with van der Waals surface area (Å²) in [4.78, 5) is 21.6. The van der Waals surface area contributed by atoms with E-state index in [0.29, 0.717) is 44.1 Å². The molecule has 1 N–H and O–H groups in total. The summed E-state index contributed by atoms with van der Waals surface area (Å²) < 4.78 is 14.8. The van der Waals surface area contributed by atoms with Gasteiger partial charge in [-0.15, -0.1) is 10.2 Å². The van der Waals surface area contributed by atoms with Crippen LogP contribution in [-0.2, 0) is 7.05 Å². The van der Waals surface area contributed by atoms with Crippen LogP contribution >= 0.6 is 0 Å². The summed E-state index contributed by atoms with van der Waals surface area (Å²) in [5.74, 6) is 1.30. The Morgan fingerprint density at radius 2 is 1.47 bits per heavy atom. The number of hydrogen-bond acceptors (Lipinski definition) is 8. The molecule has 0 spiro atoms. The van der Waals surface area contributed by atoms with Gasteiger partial charge in [0.25, 0.3) is 5.91 Å². The number of benzene rings is 1. The molecule has 0 bridgehead atoms. The number of β-amino-alcohol motifs (C(OH)–C–C–N with tert-alkyl or cyclic N) is 1. The van der Waals surface area contributed by atoms with E-state index in [1.807, 2.05) is 17.0 Å². The van der Waals surface area contributed by atoms with E-state index in [0.717, 1.165) is 43.4 Å². The van der Waals surface area contributed by atoms with Gasteiger partial charge in [0.2, 0.25) is 0 Å². The number of aryl methyl sites for hydroxylation is 1. The Kier molecular flexibility index (Phi) is 7.10. The third-order valence-corrected chi connectivity index (χ3v) is 6.88. The van der Waals surface area contributed by atoms with Crippen LogP contribution in [0.4, 0.5) is 16.0 Å². The van der Waals surface area contributed by atoms with Crippen molar-refractivity contribution in [3.05, 3.63) is 54.0 Å². The highest BCUT2D eigenvalue weighted by Gasteiger charge is 2.26. The molecule has 2 aliphatic heterocycles. The van der Waals surface area contributed by atoms with Crippen molar-refractivity contribution in [2.24, 2.45) is 7.05 Å². The van der Waals surface area contributed by atoms with E-state index < -0.39 is 0 Å². The molecule has 190 valence electrons. The van der Waals surface area contributed by atoms with Crippen molar-refractivity contribution < 1.29 is 14.3 Å². The van der Waals surface area contributed by atoms with E-state index in [-0.39, 0.29) is 18.3 Å². The lowest BCUT2D eigenvalue weighted by atomic mass is 10.1. The van der Waals surface area contributed by atoms with Gasteiger partial charge in [-0.2, -0.15) is 5.10 Å². The van der Waals surface area contributed by atoms with Crippen LogP contribution in [0.2, 0.25) is 0 Å². The van der Waals surface area contributed by atoms with Crippen LogP contribution in [0.25, 0.3) is 11.3 Å². The topological polar surface area (TPSA) is 93.9 Å². The molecule has 4 heterocycles. The summed E-state index contributed by atoms with van der Waals surface area (Å²) in [6, 6.07) is 11.9. The molecule has 3 aromatic rings. The molecule has 5 rings (SSSR count). The number of rotatable bonds is 6. The van der Waals surface area contributed by atoms with Gasteiger partial charge in [0.05, 0.1) is 12.3 Å². The summed E-state index contributed by atoms with van der Waals surface area (Å²) in [7, 11) is 1.75. The number of nitrogens with zero attached hydrogens (tertiary/aromatic N) is 8. The van der Waals surface area contributed by atoms with Gasteiger partial charge in [-0.3, -0.25) is 14.4 Å². The molecular formula is C25H31FN8O2. The minimum absolute atomic E-state index is 0.0696. The van der Waals surface area contributed by atoms with Gasteiger partial charge in [0.1, 0.15) is 11.5 Å². The summed E-state index contributed by atoms with van der Waals surface area (Å²) in [5.41, 5.74) is 1.92. The lowest BCUT2D eigenvalue weighted by Crippen LogP contribution is -2.49. The third kappa shape index (κ3) is 5.17. The molecule has 2 aliphatic rings. The van der Waals surface area contributed by atoms with Gasteiger partial charge < -0.3 is 19.8 Å². The molecule has 2 aromatic heterocycles. The number of halogens is 1.